The van der Waals surface area contributed by atoms with Gasteiger partial charge >= 0.3 is 0 Å². The molecule has 0 aliphatic rings. The van der Waals surface area contributed by atoms with E-state index in [2.05, 4.69) is 15.5 Å². The van der Waals surface area contributed by atoms with E-state index in [1.807, 2.05) is 42.1 Å². The van der Waals surface area contributed by atoms with Crippen molar-refractivity contribution in [2.24, 2.45) is 0 Å². The molecule has 0 saturated carbocycles. The second-order valence-corrected chi connectivity index (χ2v) is 6.73. The maximum absolute atomic E-state index is 13.3. The average molecular weight is 377 g/mol. The molecule has 2 aromatic heterocycles. The standard InChI is InChI=1S/C21H20FN5O/c1-15-4-2-7-20-19(15)12-24-27(20)9-8-21(28)25-18-11-23-26(14-18)13-16-5-3-6-17(22)10-16/h2-7,10-12,14H,8-9,13H2,1H3,(H,25,28). The van der Waals surface area contributed by atoms with Crippen molar-refractivity contribution in [3.63, 3.8) is 0 Å². The van der Waals surface area contributed by atoms with Crippen LogP contribution in [-0.2, 0) is 17.9 Å². The summed E-state index contributed by atoms with van der Waals surface area (Å²) in [5.74, 6) is -0.388. The first-order valence-electron chi connectivity index (χ1n) is 9.06. The molecule has 0 atom stereocenters. The van der Waals surface area contributed by atoms with E-state index in [0.717, 1.165) is 16.5 Å². The van der Waals surface area contributed by atoms with Gasteiger partial charge in [-0.05, 0) is 36.2 Å². The zero-order chi connectivity index (χ0) is 19.5. The van der Waals surface area contributed by atoms with Gasteiger partial charge in [-0.15, -0.1) is 0 Å². The summed E-state index contributed by atoms with van der Waals surface area (Å²) in [6.07, 6.45) is 5.46. The molecule has 2 heterocycles. The zero-order valence-corrected chi connectivity index (χ0v) is 15.5. The summed E-state index contributed by atoms with van der Waals surface area (Å²) in [4.78, 5) is 12.3. The number of benzene rings is 2. The van der Waals surface area contributed by atoms with Gasteiger partial charge in [0.05, 0.1) is 36.7 Å². The molecule has 4 aromatic rings. The molecule has 7 heteroatoms. The maximum Gasteiger partial charge on any atom is 0.226 e. The molecule has 6 nitrogen and oxygen atoms in total. The summed E-state index contributed by atoms with van der Waals surface area (Å²) >= 11 is 0. The first-order valence-corrected chi connectivity index (χ1v) is 9.06. The highest BCUT2D eigenvalue weighted by Crippen LogP contribution is 2.18. The van der Waals surface area contributed by atoms with Crippen molar-refractivity contribution < 1.29 is 9.18 Å². The van der Waals surface area contributed by atoms with Crippen molar-refractivity contribution >= 4 is 22.5 Å². The minimum Gasteiger partial charge on any atom is -0.323 e. The molecule has 28 heavy (non-hydrogen) atoms. The van der Waals surface area contributed by atoms with E-state index >= 15 is 0 Å². The number of carbonyl (C=O) groups is 1. The van der Waals surface area contributed by atoms with Crippen LogP contribution in [0.25, 0.3) is 10.9 Å². The Labute approximate surface area is 161 Å². The van der Waals surface area contributed by atoms with E-state index in [-0.39, 0.29) is 11.7 Å². The average Bonchev–Trinajstić information content (AvgIpc) is 3.28. The second kappa shape index (κ2) is 7.64. The summed E-state index contributed by atoms with van der Waals surface area (Å²) in [6, 6.07) is 12.4. The van der Waals surface area contributed by atoms with Crippen LogP contribution in [0, 0.1) is 12.7 Å². The first-order chi connectivity index (χ1) is 13.6. The fraction of sp³-hybridized carbons (Fsp3) is 0.190. The molecule has 0 unspecified atom stereocenters. The quantitative estimate of drug-likeness (QED) is 0.556. The van der Waals surface area contributed by atoms with Gasteiger partial charge in [0, 0.05) is 18.0 Å². The van der Waals surface area contributed by atoms with Gasteiger partial charge in [0.1, 0.15) is 5.82 Å². The number of aromatic nitrogens is 4. The van der Waals surface area contributed by atoms with Crippen molar-refractivity contribution in [1.29, 1.82) is 0 Å². The number of anilines is 1. The highest BCUT2D eigenvalue weighted by Gasteiger charge is 2.09. The van der Waals surface area contributed by atoms with Crippen molar-refractivity contribution in [1.82, 2.24) is 19.6 Å². The number of carbonyl (C=O) groups excluding carboxylic acids is 1. The summed E-state index contributed by atoms with van der Waals surface area (Å²) in [5, 5.41) is 12.5. The Balaban J connectivity index is 1.35. The van der Waals surface area contributed by atoms with Crippen molar-refractivity contribution in [2.75, 3.05) is 5.32 Å². The van der Waals surface area contributed by atoms with Crippen LogP contribution in [0.5, 0.6) is 0 Å². The number of fused-ring (bicyclic) bond motifs is 1. The maximum atomic E-state index is 13.3. The van der Waals surface area contributed by atoms with Crippen LogP contribution in [0.4, 0.5) is 10.1 Å². The lowest BCUT2D eigenvalue weighted by atomic mass is 10.1. The topological polar surface area (TPSA) is 64.7 Å². The SMILES string of the molecule is Cc1cccc2c1cnn2CCC(=O)Nc1cnn(Cc2cccc(F)c2)c1. The van der Waals surface area contributed by atoms with E-state index < -0.39 is 0 Å². The van der Waals surface area contributed by atoms with Gasteiger partial charge in [-0.2, -0.15) is 10.2 Å². The molecule has 4 rings (SSSR count). The first kappa shape index (κ1) is 17.9. The Morgan fingerprint density at radius 2 is 2.00 bits per heavy atom. The van der Waals surface area contributed by atoms with Crippen molar-refractivity contribution in [3.05, 3.63) is 78.0 Å². The van der Waals surface area contributed by atoms with E-state index in [4.69, 9.17) is 0 Å². The smallest absolute Gasteiger partial charge is 0.226 e. The molecule has 142 valence electrons. The Bertz CT molecular complexity index is 1130. The van der Waals surface area contributed by atoms with Gasteiger partial charge in [0.15, 0.2) is 0 Å². The largest absolute Gasteiger partial charge is 0.323 e. The van der Waals surface area contributed by atoms with Gasteiger partial charge in [0.2, 0.25) is 5.91 Å². The molecular formula is C21H20FN5O. The third-order valence-corrected chi connectivity index (χ3v) is 4.61. The van der Waals surface area contributed by atoms with Crippen LogP contribution in [0.1, 0.15) is 17.5 Å². The van der Waals surface area contributed by atoms with Crippen LogP contribution in [0.3, 0.4) is 0 Å². The minimum atomic E-state index is -0.278. The zero-order valence-electron chi connectivity index (χ0n) is 15.5. The molecule has 1 N–H and O–H groups in total. The Morgan fingerprint density at radius 3 is 2.86 bits per heavy atom. The Kier molecular flexibility index (Phi) is 4.89. The number of aryl methyl sites for hydroxylation is 2. The van der Waals surface area contributed by atoms with E-state index in [9.17, 15) is 9.18 Å². The highest BCUT2D eigenvalue weighted by molar-refractivity contribution is 5.90. The van der Waals surface area contributed by atoms with Crippen LogP contribution in [0.15, 0.2) is 61.1 Å². The number of rotatable bonds is 6. The highest BCUT2D eigenvalue weighted by atomic mass is 19.1. The lowest BCUT2D eigenvalue weighted by Gasteiger charge is -2.05. The number of nitrogens with one attached hydrogen (secondary N) is 1. The van der Waals surface area contributed by atoms with E-state index in [1.54, 1.807) is 23.1 Å². The molecule has 0 fully saturated rings. The minimum absolute atomic E-state index is 0.110. The molecule has 0 spiro atoms. The molecule has 0 radical (unpaired) electrons. The van der Waals surface area contributed by atoms with Gasteiger partial charge < -0.3 is 5.32 Å². The van der Waals surface area contributed by atoms with Gasteiger partial charge in [-0.1, -0.05) is 24.3 Å². The lowest BCUT2D eigenvalue weighted by molar-refractivity contribution is -0.116. The number of halogens is 1. The number of hydrogen-bond acceptors (Lipinski definition) is 3. The van der Waals surface area contributed by atoms with Gasteiger partial charge in [-0.25, -0.2) is 4.39 Å². The molecule has 1 amide bonds. The van der Waals surface area contributed by atoms with Crippen LogP contribution < -0.4 is 5.32 Å². The van der Waals surface area contributed by atoms with Crippen molar-refractivity contribution in [2.45, 2.75) is 26.4 Å². The predicted molar refractivity (Wildman–Crippen MR) is 105 cm³/mol. The third kappa shape index (κ3) is 3.93. The van der Waals surface area contributed by atoms with Crippen LogP contribution >= 0.6 is 0 Å². The lowest BCUT2D eigenvalue weighted by Crippen LogP contribution is -2.14. The summed E-state index contributed by atoms with van der Waals surface area (Å²) < 4.78 is 16.8. The number of hydrogen-bond donors (Lipinski definition) is 1. The number of amides is 1. The van der Waals surface area contributed by atoms with E-state index in [1.165, 1.54) is 17.7 Å². The molecule has 2 aromatic carbocycles. The fourth-order valence-electron chi connectivity index (χ4n) is 3.19. The normalized spacial score (nSPS) is 11.1. The van der Waals surface area contributed by atoms with Gasteiger partial charge in [0.25, 0.3) is 0 Å². The molecule has 0 aliphatic heterocycles. The molecule has 0 aliphatic carbocycles. The second-order valence-electron chi connectivity index (χ2n) is 6.73. The van der Waals surface area contributed by atoms with E-state index in [0.29, 0.717) is 25.2 Å². The Morgan fingerprint density at radius 1 is 1.14 bits per heavy atom. The summed E-state index contributed by atoms with van der Waals surface area (Å²) in [5.41, 5.74) is 3.61. The summed E-state index contributed by atoms with van der Waals surface area (Å²) in [6.45, 7) is 2.98. The van der Waals surface area contributed by atoms with Crippen LogP contribution in [-0.4, -0.2) is 25.5 Å². The monoisotopic (exact) mass is 377 g/mol. The third-order valence-electron chi connectivity index (χ3n) is 4.61. The van der Waals surface area contributed by atoms with Crippen LogP contribution in [0.2, 0.25) is 0 Å². The molecule has 0 saturated heterocycles. The summed E-state index contributed by atoms with van der Waals surface area (Å²) in [7, 11) is 0. The predicted octanol–water partition coefficient (Wildman–Crippen LogP) is 3.76. The number of nitrogens with zero attached hydrogens (tertiary/aromatic N) is 4. The Hall–Kier alpha value is -3.48. The molecule has 0 bridgehead atoms. The van der Waals surface area contributed by atoms with Gasteiger partial charge in [-0.3, -0.25) is 14.2 Å². The molecular weight excluding hydrogens is 357 g/mol. The van der Waals surface area contributed by atoms with Crippen molar-refractivity contribution in [3.8, 4) is 0 Å². The fourth-order valence-corrected chi connectivity index (χ4v) is 3.19.